The first-order valence-electron chi connectivity index (χ1n) is 25.7. The van der Waals surface area contributed by atoms with Crippen LogP contribution < -0.4 is 0 Å². The van der Waals surface area contributed by atoms with Crippen molar-refractivity contribution in [2.75, 3.05) is 34.5 Å². The van der Waals surface area contributed by atoms with Gasteiger partial charge < -0.3 is 62.7 Å². The molecule has 3 fully saturated rings. The molecule has 2 radical (unpaired) electrons. The van der Waals surface area contributed by atoms with E-state index in [1.54, 1.807) is 14.2 Å². The fourth-order valence-electron chi connectivity index (χ4n) is 9.55. The Morgan fingerprint density at radius 1 is 0.957 bits per heavy atom. The highest BCUT2D eigenvalue weighted by Crippen LogP contribution is 2.43. The minimum Gasteiger partial charge on any atom is -0.462 e. The molecule has 15 heteroatoms. The van der Waals surface area contributed by atoms with Gasteiger partial charge >= 0.3 is 5.97 Å². The maximum absolute atomic E-state index is 13.1. The van der Waals surface area contributed by atoms with Crippen LogP contribution >= 0.6 is 0 Å². The molecular weight excluding hydrogens is 883 g/mol. The fourth-order valence-corrected chi connectivity index (χ4v) is 9.55. The molecule has 0 aromatic heterocycles. The zero-order valence-electron chi connectivity index (χ0n) is 45.8. The zero-order chi connectivity index (χ0) is 52.6. The van der Waals surface area contributed by atoms with Gasteiger partial charge in [-0.05, 0) is 76.9 Å². The van der Waals surface area contributed by atoms with Crippen molar-refractivity contribution in [2.45, 2.75) is 233 Å². The Kier molecular flexibility index (Phi) is 31.1. The molecule has 0 bridgehead atoms. The Bertz CT molecular complexity index is 1530. The number of hydrogen-bond acceptors (Lipinski definition) is 14. The number of rotatable bonds is 21. The number of methoxy groups -OCH3 is 3. The van der Waals surface area contributed by atoms with Gasteiger partial charge in [0.05, 0.1) is 63.8 Å². The molecule has 0 aromatic rings. The van der Waals surface area contributed by atoms with Crippen LogP contribution in [0.5, 0.6) is 0 Å². The van der Waals surface area contributed by atoms with E-state index in [0.29, 0.717) is 43.3 Å². The number of allylic oxidation sites excluding steroid dienone is 2. The molecule has 3 aliphatic heterocycles. The molecule has 3 heterocycles. The second-order valence-corrected chi connectivity index (χ2v) is 19.1. The maximum Gasteiger partial charge on any atom is 0.316 e. The lowest BCUT2D eigenvalue weighted by Gasteiger charge is -2.48. The number of carbonyl (C=O) groups is 1. The predicted molar refractivity (Wildman–Crippen MR) is 273 cm³/mol. The Balaban J connectivity index is 0.000000645. The molecule has 3 N–H and O–H groups in total. The summed E-state index contributed by atoms with van der Waals surface area (Å²) in [6.07, 6.45) is 10.2. The molecule has 400 valence electrons. The molecule has 8 unspecified atom stereocenters. The third-order valence-corrected chi connectivity index (χ3v) is 13.4. The number of hydrogen-bond donors (Lipinski definition) is 3. The van der Waals surface area contributed by atoms with Gasteiger partial charge in [-0.15, -0.1) is 0 Å². The summed E-state index contributed by atoms with van der Waals surface area (Å²) >= 11 is 0. The third-order valence-electron chi connectivity index (χ3n) is 13.4. The molecule has 0 amide bonds. The molecular formula is C54H97BO14. The van der Waals surface area contributed by atoms with E-state index in [4.69, 9.17) is 47.4 Å². The smallest absolute Gasteiger partial charge is 0.316 e. The van der Waals surface area contributed by atoms with Crippen LogP contribution in [0.3, 0.4) is 0 Å². The van der Waals surface area contributed by atoms with Crippen molar-refractivity contribution in [1.82, 2.24) is 0 Å². The van der Waals surface area contributed by atoms with Gasteiger partial charge in [-0.25, -0.2) is 0 Å². The number of aliphatic hydroxyl groups is 3. The highest BCUT2D eigenvalue weighted by atomic mass is 16.7. The lowest BCUT2D eigenvalue weighted by Crippen LogP contribution is -2.54. The minimum absolute atomic E-state index is 0.0275. The van der Waals surface area contributed by atoms with Crippen molar-refractivity contribution in [3.8, 4) is 0 Å². The van der Waals surface area contributed by atoms with Gasteiger partial charge in [0.2, 0.25) is 0 Å². The van der Waals surface area contributed by atoms with Crippen LogP contribution in [0.25, 0.3) is 0 Å². The number of ether oxygens (including phenoxy) is 10. The quantitative estimate of drug-likeness (QED) is 0.0431. The van der Waals surface area contributed by atoms with Gasteiger partial charge in [-0.2, -0.15) is 0 Å². The van der Waals surface area contributed by atoms with Crippen LogP contribution in [0.2, 0.25) is 6.82 Å². The van der Waals surface area contributed by atoms with Crippen LogP contribution in [-0.2, 0) is 52.2 Å². The topological polar surface area (TPSA) is 170 Å². The van der Waals surface area contributed by atoms with E-state index in [-0.39, 0.29) is 55.6 Å². The van der Waals surface area contributed by atoms with Gasteiger partial charge in [0.15, 0.2) is 18.4 Å². The van der Waals surface area contributed by atoms with Gasteiger partial charge in [0.1, 0.15) is 29.8 Å². The highest BCUT2D eigenvalue weighted by Gasteiger charge is 2.50. The molecule has 14 nitrogen and oxygen atoms in total. The summed E-state index contributed by atoms with van der Waals surface area (Å²) in [5.41, 5.74) is -0.0808. The summed E-state index contributed by atoms with van der Waals surface area (Å²) in [6.45, 7) is 32.6. The maximum atomic E-state index is 13.1. The molecule has 1 aliphatic carbocycles. The molecule has 69 heavy (non-hydrogen) atoms. The van der Waals surface area contributed by atoms with Crippen molar-refractivity contribution in [1.29, 1.82) is 0 Å². The van der Waals surface area contributed by atoms with Crippen molar-refractivity contribution in [3.05, 3.63) is 48.1 Å². The molecule has 3 saturated heterocycles. The molecule has 17 atom stereocenters. The molecule has 0 saturated carbocycles. The Morgan fingerprint density at radius 2 is 1.62 bits per heavy atom. The van der Waals surface area contributed by atoms with Crippen LogP contribution in [0.15, 0.2) is 48.1 Å². The standard InChI is InChI=1S/C27H50O7.C24H38O7.C2H6.CH3B/c1-11-13-15-18(4)26(17(3)14-12-2)33-22(8)31-21(7)27(20(6)29-9)34-24-16-23(30-10)25(28)19(5)32-24;1-15(2)21-16(3)8-10-23(31-21)13-19(9-11-29-23)30-22(26)20-7-6-18(25)12-24(20,27)17(4)14-28-5;2*1-2/h13-15,18-28H,11-12,16H2,1-10H3;6-7,15-16,18-21,25,27H,4,8-14H2,1-3,5H3;1-2H3;1H3/b15-13+,17-14+;;;/t18-,19?,20?,21?,22-,23?,24-,25-,26+,27+;16-,18?,19?,20-,21?,23?,24+;;/m00../s1. The molecule has 4 aliphatic rings. The monoisotopic (exact) mass is 981 g/mol. The fraction of sp³-hybridized carbons (Fsp3) is 0.833. The van der Waals surface area contributed by atoms with E-state index < -0.39 is 60.3 Å². The Hall–Kier alpha value is -1.99. The number of carbonyl (C=O) groups excluding carboxylic acids is 1. The van der Waals surface area contributed by atoms with E-state index in [1.165, 1.54) is 31.7 Å². The predicted octanol–water partition coefficient (Wildman–Crippen LogP) is 8.99. The van der Waals surface area contributed by atoms with Gasteiger partial charge in [0.25, 0.3) is 0 Å². The van der Waals surface area contributed by atoms with E-state index in [1.807, 2.05) is 41.5 Å². The van der Waals surface area contributed by atoms with Crippen LogP contribution in [0.4, 0.5) is 0 Å². The van der Waals surface area contributed by atoms with Crippen LogP contribution in [0, 0.1) is 23.7 Å². The lowest BCUT2D eigenvalue weighted by molar-refractivity contribution is -0.322. The summed E-state index contributed by atoms with van der Waals surface area (Å²) in [5.74, 6) is -1.15. The van der Waals surface area contributed by atoms with E-state index >= 15 is 0 Å². The van der Waals surface area contributed by atoms with Crippen LogP contribution in [0.1, 0.15) is 141 Å². The summed E-state index contributed by atoms with van der Waals surface area (Å²) in [7, 11) is 9.23. The molecule has 4 rings (SSSR count). The van der Waals surface area contributed by atoms with Gasteiger partial charge in [-0.3, -0.25) is 4.79 Å². The second kappa shape index (κ2) is 33.0. The van der Waals surface area contributed by atoms with Crippen LogP contribution in [-0.4, -0.2) is 149 Å². The lowest BCUT2D eigenvalue weighted by atomic mass is 9.74. The Labute approximate surface area is 419 Å². The first-order valence-corrected chi connectivity index (χ1v) is 25.7. The molecule has 0 aromatic carbocycles. The van der Waals surface area contributed by atoms with Crippen molar-refractivity contribution in [2.24, 2.45) is 23.7 Å². The highest BCUT2D eigenvalue weighted by molar-refractivity contribution is 6.05. The third kappa shape index (κ3) is 19.8. The summed E-state index contributed by atoms with van der Waals surface area (Å²) < 4.78 is 59.4. The average molecular weight is 981 g/mol. The largest absolute Gasteiger partial charge is 0.462 e. The van der Waals surface area contributed by atoms with Crippen molar-refractivity contribution in [3.63, 3.8) is 0 Å². The SMILES string of the molecule is C=C(COC)[C@]1(O)CC(O)C=C[C@H]1C(=O)OC1CCOC2(CC[C@H](C)C(C(C)C)O2)C1.CC.CC/C=C/[C@H](C)[C@H](O[C@@H](C)OC(C)[C@H](O[C@H]1CC(OC)[C@@H](O)C(C)O1)C(C)OC)/C(C)=C/CC.[B]C. The second-order valence-electron chi connectivity index (χ2n) is 19.1. The number of esters is 1. The molecule has 1 spiro atoms. The van der Waals surface area contributed by atoms with Crippen molar-refractivity contribution >= 4 is 13.8 Å². The zero-order valence-corrected chi connectivity index (χ0v) is 45.8. The van der Waals surface area contributed by atoms with E-state index in [0.717, 1.165) is 25.7 Å². The first kappa shape index (κ1) is 65.0. The van der Waals surface area contributed by atoms with E-state index in [9.17, 15) is 20.1 Å². The van der Waals surface area contributed by atoms with Gasteiger partial charge in [-0.1, -0.05) is 99.2 Å². The van der Waals surface area contributed by atoms with Gasteiger partial charge in [0, 0.05) is 59.4 Å². The van der Waals surface area contributed by atoms with E-state index in [2.05, 4.69) is 81.1 Å². The first-order chi connectivity index (χ1) is 32.7. The summed E-state index contributed by atoms with van der Waals surface area (Å²) in [4.78, 5) is 13.1. The Morgan fingerprint density at radius 3 is 2.20 bits per heavy atom. The minimum atomic E-state index is -1.62. The average Bonchev–Trinajstić information content (AvgIpc) is 3.32. The number of aliphatic hydroxyl groups excluding tert-OH is 2. The summed E-state index contributed by atoms with van der Waals surface area (Å²) in [6, 6.07) is 0. The summed E-state index contributed by atoms with van der Waals surface area (Å²) in [5, 5.41) is 31.5. The normalized spacial score (nSPS) is 33.1. The van der Waals surface area contributed by atoms with Crippen molar-refractivity contribution < 1.29 is 67.5 Å².